The second-order valence-corrected chi connectivity index (χ2v) is 7.77. The van der Waals surface area contributed by atoms with E-state index in [0.29, 0.717) is 13.2 Å². The van der Waals surface area contributed by atoms with Crippen LogP contribution >= 0.6 is 11.3 Å². The Kier molecular flexibility index (Phi) is 6.20. The van der Waals surface area contributed by atoms with Gasteiger partial charge in [-0.3, -0.25) is 9.80 Å². The fourth-order valence-electron chi connectivity index (χ4n) is 2.45. The molecule has 1 fully saturated rings. The number of thiophene rings is 1. The number of aliphatic hydroxyl groups is 1. The first-order valence-electron chi connectivity index (χ1n) is 7.71. The van der Waals surface area contributed by atoms with Gasteiger partial charge in [0.15, 0.2) is 0 Å². The van der Waals surface area contributed by atoms with Crippen LogP contribution in [0.15, 0.2) is 17.5 Å². The van der Waals surface area contributed by atoms with Gasteiger partial charge in [-0.05, 0) is 32.2 Å². The van der Waals surface area contributed by atoms with E-state index in [2.05, 4.69) is 27.3 Å². The monoisotopic (exact) mass is 312 g/mol. The van der Waals surface area contributed by atoms with Crippen molar-refractivity contribution in [1.29, 1.82) is 0 Å². The van der Waals surface area contributed by atoms with Crippen LogP contribution in [0.4, 0.5) is 0 Å². The Hall–Kier alpha value is -0.460. The van der Waals surface area contributed by atoms with Crippen molar-refractivity contribution in [3.8, 4) is 0 Å². The molecule has 2 heterocycles. The van der Waals surface area contributed by atoms with Crippen LogP contribution in [0.5, 0.6) is 0 Å². The minimum atomic E-state index is -0.395. The van der Waals surface area contributed by atoms with Gasteiger partial charge in [-0.25, -0.2) is 0 Å². The minimum absolute atomic E-state index is 0.180. The molecule has 0 amide bonds. The van der Waals surface area contributed by atoms with E-state index in [9.17, 15) is 5.11 Å². The Morgan fingerprint density at radius 1 is 1.24 bits per heavy atom. The highest BCUT2D eigenvalue weighted by Gasteiger charge is 2.20. The Balaban J connectivity index is 1.64. The van der Waals surface area contributed by atoms with Crippen LogP contribution in [0.2, 0.25) is 0 Å². The standard InChI is InChI=1S/C16H28N2O2S/c1-16(2,3)20-13-14(19)11-17-6-8-18(9-7-17)12-15-5-4-10-21-15/h4-5,10,14,19H,6-9,11-13H2,1-3H3. The van der Waals surface area contributed by atoms with Crippen LogP contribution in [-0.4, -0.2) is 65.9 Å². The molecule has 0 aliphatic carbocycles. The molecule has 1 aliphatic heterocycles. The van der Waals surface area contributed by atoms with Crippen LogP contribution in [0.25, 0.3) is 0 Å². The SMILES string of the molecule is CC(C)(C)OCC(O)CN1CCN(Cc2cccs2)CC1. The number of hydrogen-bond donors (Lipinski definition) is 1. The van der Waals surface area contributed by atoms with Gasteiger partial charge in [-0.15, -0.1) is 11.3 Å². The van der Waals surface area contributed by atoms with Crippen molar-refractivity contribution >= 4 is 11.3 Å². The van der Waals surface area contributed by atoms with Crippen LogP contribution < -0.4 is 0 Å². The first-order chi connectivity index (χ1) is 9.92. The molecule has 1 aromatic rings. The zero-order chi connectivity index (χ0) is 15.3. The normalized spacial score (nSPS) is 19.8. The molecular formula is C16H28N2O2S. The molecule has 21 heavy (non-hydrogen) atoms. The summed E-state index contributed by atoms with van der Waals surface area (Å²) in [6.45, 7) is 12.4. The Morgan fingerprint density at radius 2 is 1.90 bits per heavy atom. The van der Waals surface area contributed by atoms with Crippen molar-refractivity contribution in [2.45, 2.75) is 39.0 Å². The molecule has 1 unspecified atom stereocenters. The van der Waals surface area contributed by atoms with Crippen molar-refractivity contribution in [2.75, 3.05) is 39.3 Å². The second-order valence-electron chi connectivity index (χ2n) is 6.73. The van der Waals surface area contributed by atoms with Crippen molar-refractivity contribution in [1.82, 2.24) is 9.80 Å². The average molecular weight is 312 g/mol. The summed E-state index contributed by atoms with van der Waals surface area (Å²) in [4.78, 5) is 6.25. The van der Waals surface area contributed by atoms with Crippen molar-refractivity contribution in [3.05, 3.63) is 22.4 Å². The topological polar surface area (TPSA) is 35.9 Å². The largest absolute Gasteiger partial charge is 0.389 e. The molecule has 0 bridgehead atoms. The Labute approximate surface area is 132 Å². The third-order valence-electron chi connectivity index (χ3n) is 3.60. The number of β-amino-alcohol motifs (C(OH)–C–C–N with tert-alkyl or cyclic N) is 1. The predicted molar refractivity (Wildman–Crippen MR) is 87.7 cm³/mol. The number of ether oxygens (including phenoxy) is 1. The number of nitrogens with zero attached hydrogens (tertiary/aromatic N) is 2. The van der Waals surface area contributed by atoms with Crippen molar-refractivity contribution in [2.24, 2.45) is 0 Å². The van der Waals surface area contributed by atoms with E-state index in [1.54, 1.807) is 0 Å². The van der Waals surface area contributed by atoms with Crippen molar-refractivity contribution in [3.63, 3.8) is 0 Å². The van der Waals surface area contributed by atoms with E-state index in [0.717, 1.165) is 32.7 Å². The summed E-state index contributed by atoms with van der Waals surface area (Å²) in [5.41, 5.74) is -0.180. The van der Waals surface area contributed by atoms with E-state index in [1.807, 2.05) is 32.1 Å². The number of rotatable bonds is 6. The van der Waals surface area contributed by atoms with Crippen LogP contribution in [0, 0.1) is 0 Å². The first kappa shape index (κ1) is 16.9. The lowest BCUT2D eigenvalue weighted by molar-refractivity contribution is -0.0587. The summed E-state index contributed by atoms with van der Waals surface area (Å²) in [6, 6.07) is 4.31. The molecule has 1 saturated heterocycles. The summed E-state index contributed by atoms with van der Waals surface area (Å²) in [7, 11) is 0. The second kappa shape index (κ2) is 7.70. The number of piperazine rings is 1. The zero-order valence-electron chi connectivity index (χ0n) is 13.4. The predicted octanol–water partition coefficient (Wildman–Crippen LogP) is 2.04. The fraction of sp³-hybridized carbons (Fsp3) is 0.750. The zero-order valence-corrected chi connectivity index (χ0v) is 14.2. The molecule has 0 radical (unpaired) electrons. The van der Waals surface area contributed by atoms with Gasteiger partial charge < -0.3 is 9.84 Å². The lowest BCUT2D eigenvalue weighted by Gasteiger charge is -2.35. The maximum atomic E-state index is 10.1. The van der Waals surface area contributed by atoms with E-state index in [1.165, 1.54) is 4.88 Å². The number of aliphatic hydroxyl groups excluding tert-OH is 1. The lowest BCUT2D eigenvalue weighted by atomic mass is 10.2. The molecule has 0 saturated carbocycles. The van der Waals surface area contributed by atoms with E-state index in [4.69, 9.17) is 4.74 Å². The summed E-state index contributed by atoms with van der Waals surface area (Å²) >= 11 is 1.83. The van der Waals surface area contributed by atoms with Crippen LogP contribution in [-0.2, 0) is 11.3 Å². The molecule has 5 heteroatoms. The van der Waals surface area contributed by atoms with Crippen LogP contribution in [0.1, 0.15) is 25.6 Å². The molecule has 4 nitrogen and oxygen atoms in total. The van der Waals surface area contributed by atoms with E-state index < -0.39 is 6.10 Å². The molecule has 1 atom stereocenters. The summed E-state index contributed by atoms with van der Waals surface area (Å²) < 4.78 is 5.64. The van der Waals surface area contributed by atoms with E-state index in [-0.39, 0.29) is 5.60 Å². The van der Waals surface area contributed by atoms with Gasteiger partial charge in [0.05, 0.1) is 18.3 Å². The molecular weight excluding hydrogens is 284 g/mol. The Morgan fingerprint density at radius 3 is 2.48 bits per heavy atom. The van der Waals surface area contributed by atoms with Gasteiger partial charge in [0.1, 0.15) is 0 Å². The maximum absolute atomic E-state index is 10.1. The molecule has 120 valence electrons. The molecule has 1 aliphatic rings. The Bertz CT molecular complexity index is 395. The third kappa shape index (κ3) is 6.45. The van der Waals surface area contributed by atoms with Crippen LogP contribution in [0.3, 0.4) is 0 Å². The minimum Gasteiger partial charge on any atom is -0.389 e. The highest BCUT2D eigenvalue weighted by atomic mass is 32.1. The summed E-state index contributed by atoms with van der Waals surface area (Å²) in [5.74, 6) is 0. The van der Waals surface area contributed by atoms with E-state index >= 15 is 0 Å². The van der Waals surface area contributed by atoms with Gasteiger partial charge in [0.25, 0.3) is 0 Å². The molecule has 1 aromatic heterocycles. The van der Waals surface area contributed by atoms with Gasteiger partial charge in [-0.2, -0.15) is 0 Å². The average Bonchev–Trinajstić information content (AvgIpc) is 2.91. The highest BCUT2D eigenvalue weighted by Crippen LogP contribution is 2.14. The van der Waals surface area contributed by atoms with Crippen molar-refractivity contribution < 1.29 is 9.84 Å². The smallest absolute Gasteiger partial charge is 0.0900 e. The maximum Gasteiger partial charge on any atom is 0.0900 e. The van der Waals surface area contributed by atoms with Gasteiger partial charge >= 0.3 is 0 Å². The highest BCUT2D eigenvalue weighted by molar-refractivity contribution is 7.09. The molecule has 0 aromatic carbocycles. The number of hydrogen-bond acceptors (Lipinski definition) is 5. The lowest BCUT2D eigenvalue weighted by Crippen LogP contribution is -2.48. The first-order valence-corrected chi connectivity index (χ1v) is 8.59. The third-order valence-corrected chi connectivity index (χ3v) is 4.46. The molecule has 2 rings (SSSR count). The van der Waals surface area contributed by atoms with Gasteiger partial charge in [0, 0.05) is 44.1 Å². The van der Waals surface area contributed by atoms with Gasteiger partial charge in [-0.1, -0.05) is 6.07 Å². The van der Waals surface area contributed by atoms with Gasteiger partial charge in [0.2, 0.25) is 0 Å². The summed E-state index contributed by atoms with van der Waals surface area (Å²) in [6.07, 6.45) is -0.395. The molecule has 1 N–H and O–H groups in total. The molecule has 0 spiro atoms. The quantitative estimate of drug-likeness (QED) is 0.872. The fourth-order valence-corrected chi connectivity index (χ4v) is 3.20. The summed E-state index contributed by atoms with van der Waals surface area (Å²) in [5, 5.41) is 12.2.